The number of aromatic nitrogens is 3. The minimum Gasteiger partial charge on any atom is -0.368 e. The first-order valence-electron chi connectivity index (χ1n) is 11.9. The lowest BCUT2D eigenvalue weighted by molar-refractivity contribution is 0.0966. The molecule has 1 saturated heterocycles. The number of nitrogens with zero attached hydrogens (tertiary/aromatic N) is 4. The average molecular weight is 466 g/mol. The molecule has 4 aromatic rings. The zero-order valence-electron chi connectivity index (χ0n) is 19.6. The Morgan fingerprint density at radius 2 is 1.83 bits per heavy atom. The van der Waals surface area contributed by atoms with Gasteiger partial charge in [0.2, 0.25) is 0 Å². The van der Waals surface area contributed by atoms with Gasteiger partial charge in [0, 0.05) is 57.1 Å². The molecule has 35 heavy (non-hydrogen) atoms. The molecule has 4 heterocycles. The number of amides is 1. The third-order valence-corrected chi connectivity index (χ3v) is 6.64. The fourth-order valence-corrected chi connectivity index (χ4v) is 4.85. The van der Waals surface area contributed by atoms with Crippen LogP contribution in [0.5, 0.6) is 0 Å². The average Bonchev–Trinajstić information content (AvgIpc) is 3.49. The molecule has 2 aliphatic heterocycles. The van der Waals surface area contributed by atoms with Crippen LogP contribution in [0.25, 0.3) is 22.6 Å². The lowest BCUT2D eigenvalue weighted by Crippen LogP contribution is -2.43. The monoisotopic (exact) mass is 465 g/mol. The summed E-state index contributed by atoms with van der Waals surface area (Å²) < 4.78 is 2.03. The number of nitrogens with one attached hydrogen (secondary N) is 3. The summed E-state index contributed by atoms with van der Waals surface area (Å²) in [7, 11) is 1.99. The van der Waals surface area contributed by atoms with Gasteiger partial charge >= 0.3 is 0 Å². The highest BCUT2D eigenvalue weighted by atomic mass is 16.1. The maximum absolute atomic E-state index is 12.8. The van der Waals surface area contributed by atoms with E-state index in [-0.39, 0.29) is 5.91 Å². The van der Waals surface area contributed by atoms with Crippen LogP contribution in [0.4, 0.5) is 17.2 Å². The Labute approximate surface area is 204 Å². The minimum atomic E-state index is -0.0824. The van der Waals surface area contributed by atoms with Crippen molar-refractivity contribution in [2.24, 2.45) is 7.05 Å². The Balaban J connectivity index is 1.30. The first-order chi connectivity index (χ1) is 17.2. The molecule has 1 amide bonds. The Morgan fingerprint density at radius 3 is 2.60 bits per heavy atom. The van der Waals surface area contributed by atoms with E-state index in [1.54, 1.807) is 0 Å². The molecule has 3 N–H and O–H groups in total. The summed E-state index contributed by atoms with van der Waals surface area (Å²) in [5.74, 6) is 1.52. The standard InChI is InChI=1S/C27H27N7O/c1-33-17-23(32-26(33)18-5-3-2-4-6-18)20-8-9-22(25-21(20)16-30-27(25)35)31-24-10-7-19(15-29-24)34-13-11-28-12-14-34/h2-10,15,17,28H,11-14,16H2,1H3,(H,29,31)(H,30,35). The van der Waals surface area contributed by atoms with Gasteiger partial charge in [0.1, 0.15) is 11.6 Å². The lowest BCUT2D eigenvalue weighted by atomic mass is 9.99. The van der Waals surface area contributed by atoms with Gasteiger partial charge in [-0.3, -0.25) is 4.79 Å². The quantitative estimate of drug-likeness (QED) is 0.418. The summed E-state index contributed by atoms with van der Waals surface area (Å²) in [6, 6.07) is 18.1. The van der Waals surface area contributed by atoms with Gasteiger partial charge in [0.25, 0.3) is 5.91 Å². The van der Waals surface area contributed by atoms with Crippen molar-refractivity contribution in [3.8, 4) is 22.6 Å². The number of hydrogen-bond acceptors (Lipinski definition) is 6. The molecule has 6 rings (SSSR count). The molecule has 8 heteroatoms. The second-order valence-corrected chi connectivity index (χ2v) is 8.89. The van der Waals surface area contributed by atoms with E-state index in [0.29, 0.717) is 17.9 Å². The summed E-state index contributed by atoms with van der Waals surface area (Å²) in [4.78, 5) is 24.6. The summed E-state index contributed by atoms with van der Waals surface area (Å²) in [6.45, 7) is 4.39. The van der Waals surface area contributed by atoms with Gasteiger partial charge in [0.05, 0.1) is 28.8 Å². The fraction of sp³-hybridized carbons (Fsp3) is 0.222. The number of pyridine rings is 1. The zero-order chi connectivity index (χ0) is 23.8. The molecule has 0 unspecified atom stereocenters. The van der Waals surface area contributed by atoms with Gasteiger partial charge in [-0.15, -0.1) is 0 Å². The molecule has 0 bridgehead atoms. The minimum absolute atomic E-state index is 0.0824. The second-order valence-electron chi connectivity index (χ2n) is 8.89. The third kappa shape index (κ3) is 4.02. The third-order valence-electron chi connectivity index (χ3n) is 6.64. The van der Waals surface area contributed by atoms with Crippen molar-refractivity contribution in [1.29, 1.82) is 0 Å². The summed E-state index contributed by atoms with van der Waals surface area (Å²) >= 11 is 0. The molecular formula is C27H27N7O. The van der Waals surface area contributed by atoms with E-state index in [4.69, 9.17) is 4.98 Å². The van der Waals surface area contributed by atoms with E-state index in [2.05, 4.69) is 44.0 Å². The molecule has 2 aliphatic rings. The van der Waals surface area contributed by atoms with Crippen molar-refractivity contribution in [2.75, 3.05) is 36.4 Å². The van der Waals surface area contributed by atoms with Gasteiger partial charge in [0.15, 0.2) is 0 Å². The Morgan fingerprint density at radius 1 is 1.00 bits per heavy atom. The van der Waals surface area contributed by atoms with Crippen molar-refractivity contribution in [3.63, 3.8) is 0 Å². The summed E-state index contributed by atoms with van der Waals surface area (Å²) in [6.07, 6.45) is 3.91. The number of hydrogen-bond donors (Lipinski definition) is 3. The van der Waals surface area contributed by atoms with E-state index < -0.39 is 0 Å². The Hall–Kier alpha value is -4.17. The number of carbonyl (C=O) groups excluding carboxylic acids is 1. The maximum atomic E-state index is 12.8. The number of fused-ring (bicyclic) bond motifs is 1. The molecule has 0 atom stereocenters. The highest BCUT2D eigenvalue weighted by Gasteiger charge is 2.27. The van der Waals surface area contributed by atoms with Gasteiger partial charge in [-0.1, -0.05) is 36.4 Å². The van der Waals surface area contributed by atoms with Crippen LogP contribution in [-0.2, 0) is 13.6 Å². The van der Waals surface area contributed by atoms with Crippen molar-refractivity contribution < 1.29 is 4.79 Å². The zero-order valence-corrected chi connectivity index (χ0v) is 19.6. The number of benzene rings is 2. The highest BCUT2D eigenvalue weighted by molar-refractivity contribution is 6.06. The molecule has 0 spiro atoms. The van der Waals surface area contributed by atoms with Crippen LogP contribution in [0.1, 0.15) is 15.9 Å². The predicted molar refractivity (Wildman–Crippen MR) is 138 cm³/mol. The van der Waals surface area contributed by atoms with Gasteiger partial charge in [-0.25, -0.2) is 9.97 Å². The van der Waals surface area contributed by atoms with Crippen LogP contribution in [-0.4, -0.2) is 46.6 Å². The first kappa shape index (κ1) is 21.4. The molecule has 1 fully saturated rings. The van der Waals surface area contributed by atoms with Gasteiger partial charge in [-0.05, 0) is 23.8 Å². The van der Waals surface area contributed by atoms with Crippen molar-refractivity contribution in [1.82, 2.24) is 25.2 Å². The normalized spacial score (nSPS) is 15.1. The van der Waals surface area contributed by atoms with Crippen molar-refractivity contribution >= 4 is 23.1 Å². The SMILES string of the molecule is Cn1cc(-c2ccc(Nc3ccc(N4CCNCC4)cn3)c3c2CNC3=O)nc1-c1ccccc1. The lowest BCUT2D eigenvalue weighted by Gasteiger charge is -2.29. The number of anilines is 3. The van der Waals surface area contributed by atoms with Crippen LogP contribution in [0, 0.1) is 0 Å². The number of imidazole rings is 1. The predicted octanol–water partition coefficient (Wildman–Crippen LogP) is 3.55. The molecular weight excluding hydrogens is 438 g/mol. The number of piperazine rings is 1. The van der Waals surface area contributed by atoms with Gasteiger partial charge in [-0.2, -0.15) is 0 Å². The molecule has 2 aromatic carbocycles. The first-order valence-corrected chi connectivity index (χ1v) is 11.9. The Kier molecular flexibility index (Phi) is 5.42. The van der Waals surface area contributed by atoms with Crippen molar-refractivity contribution in [3.05, 3.63) is 78.1 Å². The van der Waals surface area contributed by atoms with E-state index in [0.717, 1.165) is 65.8 Å². The molecule has 0 aliphatic carbocycles. The van der Waals surface area contributed by atoms with E-state index in [1.165, 1.54) is 0 Å². The van der Waals surface area contributed by atoms with Crippen LogP contribution < -0.4 is 20.9 Å². The number of carbonyl (C=O) groups is 1. The van der Waals surface area contributed by atoms with Crippen LogP contribution in [0.2, 0.25) is 0 Å². The molecule has 176 valence electrons. The molecule has 2 aromatic heterocycles. The van der Waals surface area contributed by atoms with E-state index >= 15 is 0 Å². The molecule has 0 radical (unpaired) electrons. The number of rotatable bonds is 5. The van der Waals surface area contributed by atoms with Crippen LogP contribution in [0.3, 0.4) is 0 Å². The van der Waals surface area contributed by atoms with E-state index in [1.807, 2.05) is 60.4 Å². The maximum Gasteiger partial charge on any atom is 0.254 e. The largest absolute Gasteiger partial charge is 0.368 e. The second kappa shape index (κ2) is 8.88. The topological polar surface area (TPSA) is 87.1 Å². The Bertz CT molecular complexity index is 1370. The van der Waals surface area contributed by atoms with E-state index in [9.17, 15) is 4.79 Å². The van der Waals surface area contributed by atoms with Crippen LogP contribution >= 0.6 is 0 Å². The smallest absolute Gasteiger partial charge is 0.254 e. The summed E-state index contributed by atoms with van der Waals surface area (Å²) in [5.41, 5.74) is 6.34. The number of aryl methyl sites for hydroxylation is 1. The van der Waals surface area contributed by atoms with Crippen molar-refractivity contribution in [2.45, 2.75) is 6.54 Å². The van der Waals surface area contributed by atoms with Gasteiger partial charge < -0.3 is 25.4 Å². The molecule has 8 nitrogen and oxygen atoms in total. The fourth-order valence-electron chi connectivity index (χ4n) is 4.85. The summed E-state index contributed by atoms with van der Waals surface area (Å²) in [5, 5.41) is 9.70. The highest BCUT2D eigenvalue weighted by Crippen LogP contribution is 2.35. The molecule has 0 saturated carbocycles. The van der Waals surface area contributed by atoms with Crippen LogP contribution in [0.15, 0.2) is 67.0 Å².